The maximum absolute atomic E-state index is 3.36. The number of hydrogen-bond acceptors (Lipinski definition) is 1. The third kappa shape index (κ3) is 1.90. The molecule has 0 saturated carbocycles. The summed E-state index contributed by atoms with van der Waals surface area (Å²) in [6.45, 7) is 0. The number of benzene rings is 1. The second-order valence-electron chi connectivity index (χ2n) is 3.72. The zero-order valence-electron chi connectivity index (χ0n) is 8.27. The molecule has 0 spiro atoms. The van der Waals surface area contributed by atoms with Gasteiger partial charge in [0.15, 0.2) is 7.31 Å². The largest absolute Gasteiger partial charge is 0.439 e. The van der Waals surface area contributed by atoms with Gasteiger partial charge in [-0.05, 0) is 48.9 Å². The summed E-state index contributed by atoms with van der Waals surface area (Å²) in [4.78, 5) is 0. The summed E-state index contributed by atoms with van der Waals surface area (Å²) in [5, 5.41) is 3.36. The Morgan fingerprint density at radius 1 is 1.15 bits per heavy atom. The Labute approximate surface area is 81.6 Å². The van der Waals surface area contributed by atoms with Crippen LogP contribution in [0, 0.1) is 0 Å². The summed E-state index contributed by atoms with van der Waals surface area (Å²) in [5.74, 6) is 0. The Balaban J connectivity index is 2.24. The van der Waals surface area contributed by atoms with E-state index >= 15 is 0 Å². The van der Waals surface area contributed by atoms with Crippen molar-refractivity contribution in [3.63, 3.8) is 0 Å². The van der Waals surface area contributed by atoms with E-state index in [0.717, 1.165) is 7.31 Å². The highest BCUT2D eigenvalue weighted by Crippen LogP contribution is 2.23. The van der Waals surface area contributed by atoms with Gasteiger partial charge in [0.2, 0.25) is 0 Å². The van der Waals surface area contributed by atoms with Crippen LogP contribution in [0.3, 0.4) is 0 Å². The van der Waals surface area contributed by atoms with E-state index in [2.05, 4.69) is 31.2 Å². The summed E-state index contributed by atoms with van der Waals surface area (Å²) in [6.07, 6.45) is 5.28. The van der Waals surface area contributed by atoms with E-state index in [4.69, 9.17) is 0 Å². The third-order valence-corrected chi connectivity index (χ3v) is 2.73. The van der Waals surface area contributed by atoms with Gasteiger partial charge in [0.05, 0.1) is 7.74 Å². The highest BCUT2D eigenvalue weighted by Gasteiger charge is 2.08. The fraction of sp³-hybridized carbons (Fsp3) is 0.400. The molecule has 0 amide bonds. The Morgan fingerprint density at radius 2 is 1.92 bits per heavy atom. The smallest absolute Gasteiger partial charge is 0.188 e. The lowest BCUT2D eigenvalue weighted by Gasteiger charge is -2.16. The van der Waals surface area contributed by atoms with Crippen molar-refractivity contribution < 1.29 is 0 Å². The third-order valence-electron chi connectivity index (χ3n) is 2.73. The summed E-state index contributed by atoms with van der Waals surface area (Å²) in [5.41, 5.74) is 4.40. The Kier molecular flexibility index (Phi) is 2.62. The molecule has 1 aromatic carbocycles. The summed E-state index contributed by atoms with van der Waals surface area (Å²) >= 11 is 0. The number of hydrogen-bond donors (Lipinski definition) is 1. The highest BCUT2D eigenvalue weighted by atomic mass is 14.7. The van der Waals surface area contributed by atoms with E-state index in [0.29, 0.717) is 0 Å². The molecule has 0 saturated heterocycles. The first-order chi connectivity index (χ1) is 6.40. The van der Waals surface area contributed by atoms with Crippen molar-refractivity contribution in [1.29, 1.82) is 0 Å². The molecule has 0 atom stereocenters. The first kappa shape index (κ1) is 8.74. The molecular formula is C10H15B2N. The standard InChI is InChI=1S/C10H15B2N/c11-12-13-10-6-5-8-3-1-2-4-9(8)7-10/h5-7,12-13H,1-4,11H2. The normalized spacial score (nSPS) is 14.8. The monoisotopic (exact) mass is 171 g/mol. The summed E-state index contributed by atoms with van der Waals surface area (Å²) < 4.78 is 0. The Bertz CT molecular complexity index is 299. The van der Waals surface area contributed by atoms with Crippen LogP contribution in [0.25, 0.3) is 0 Å². The predicted molar refractivity (Wildman–Crippen MR) is 62.4 cm³/mol. The van der Waals surface area contributed by atoms with E-state index in [9.17, 15) is 0 Å². The highest BCUT2D eigenvalue weighted by molar-refractivity contribution is 6.91. The maximum atomic E-state index is 3.36. The quantitative estimate of drug-likeness (QED) is 0.651. The molecule has 0 bridgehead atoms. The van der Waals surface area contributed by atoms with Crippen molar-refractivity contribution in [3.05, 3.63) is 29.3 Å². The predicted octanol–water partition coefficient (Wildman–Crippen LogP) is 0.877. The molecule has 1 N–H and O–H groups in total. The Hall–Kier alpha value is -0.850. The zero-order valence-corrected chi connectivity index (χ0v) is 8.27. The minimum atomic E-state index is 1.01. The van der Waals surface area contributed by atoms with Gasteiger partial charge in [-0.2, -0.15) is 0 Å². The second-order valence-corrected chi connectivity index (χ2v) is 3.72. The molecule has 1 aliphatic carbocycles. The molecule has 3 heteroatoms. The molecular weight excluding hydrogens is 156 g/mol. The van der Waals surface area contributed by atoms with Crippen molar-refractivity contribution >= 4 is 20.7 Å². The first-order valence-electron chi connectivity index (χ1n) is 5.26. The van der Waals surface area contributed by atoms with Crippen LogP contribution in [0.2, 0.25) is 0 Å². The maximum Gasteiger partial charge on any atom is 0.188 e. The molecule has 0 radical (unpaired) electrons. The number of aryl methyl sites for hydroxylation is 2. The van der Waals surface area contributed by atoms with Crippen LogP contribution in [0.15, 0.2) is 18.2 Å². The van der Waals surface area contributed by atoms with Gasteiger partial charge in [-0.1, -0.05) is 6.07 Å². The van der Waals surface area contributed by atoms with Crippen LogP contribution in [0.1, 0.15) is 24.0 Å². The molecule has 2 rings (SSSR count). The van der Waals surface area contributed by atoms with E-state index < -0.39 is 0 Å². The second kappa shape index (κ2) is 3.91. The molecule has 1 aliphatic rings. The van der Waals surface area contributed by atoms with Crippen LogP contribution in [-0.2, 0) is 12.8 Å². The molecule has 13 heavy (non-hydrogen) atoms. The van der Waals surface area contributed by atoms with Gasteiger partial charge in [-0.15, -0.1) is 0 Å². The minimum Gasteiger partial charge on any atom is -0.439 e. The average molecular weight is 171 g/mol. The number of fused-ring (bicyclic) bond motifs is 1. The van der Waals surface area contributed by atoms with Crippen molar-refractivity contribution in [2.24, 2.45) is 0 Å². The van der Waals surface area contributed by atoms with Gasteiger partial charge in [0.25, 0.3) is 0 Å². The van der Waals surface area contributed by atoms with Crippen LogP contribution in [0.4, 0.5) is 5.69 Å². The Morgan fingerprint density at radius 3 is 2.69 bits per heavy atom. The van der Waals surface area contributed by atoms with Gasteiger partial charge in [-0.3, -0.25) is 0 Å². The topological polar surface area (TPSA) is 12.0 Å². The fourth-order valence-electron chi connectivity index (χ4n) is 2.05. The lowest BCUT2D eigenvalue weighted by Crippen LogP contribution is -2.08. The minimum absolute atomic E-state index is 1.01. The number of rotatable bonds is 2. The molecule has 1 aromatic rings. The molecule has 1 nitrogen and oxygen atoms in total. The average Bonchev–Trinajstić information content (AvgIpc) is 2.18. The van der Waals surface area contributed by atoms with E-state index in [1.54, 1.807) is 11.1 Å². The van der Waals surface area contributed by atoms with Gasteiger partial charge in [-0.25, -0.2) is 0 Å². The van der Waals surface area contributed by atoms with Crippen LogP contribution < -0.4 is 5.23 Å². The lowest BCUT2D eigenvalue weighted by atomic mass is 9.67. The van der Waals surface area contributed by atoms with Gasteiger partial charge in [0, 0.05) is 5.69 Å². The van der Waals surface area contributed by atoms with E-state index in [-0.39, 0.29) is 0 Å². The van der Waals surface area contributed by atoms with Gasteiger partial charge >= 0.3 is 0 Å². The van der Waals surface area contributed by atoms with Crippen molar-refractivity contribution in [2.75, 3.05) is 5.23 Å². The molecule has 0 unspecified atom stereocenters. The fourth-order valence-corrected chi connectivity index (χ4v) is 2.05. The van der Waals surface area contributed by atoms with Crippen LogP contribution in [0.5, 0.6) is 0 Å². The molecule has 0 fully saturated rings. The molecule has 0 aromatic heterocycles. The van der Waals surface area contributed by atoms with Crippen LogP contribution >= 0.6 is 0 Å². The molecule has 0 heterocycles. The lowest BCUT2D eigenvalue weighted by molar-refractivity contribution is 0.686. The van der Waals surface area contributed by atoms with Gasteiger partial charge in [0.1, 0.15) is 0 Å². The van der Waals surface area contributed by atoms with E-state index in [1.807, 2.05) is 0 Å². The van der Waals surface area contributed by atoms with Crippen molar-refractivity contribution in [1.82, 2.24) is 0 Å². The first-order valence-corrected chi connectivity index (χ1v) is 5.26. The van der Waals surface area contributed by atoms with E-state index in [1.165, 1.54) is 31.4 Å². The number of anilines is 1. The summed E-state index contributed by atoms with van der Waals surface area (Å²) in [6, 6.07) is 6.80. The summed E-state index contributed by atoms with van der Waals surface area (Å²) in [7, 11) is 3.15. The molecule has 66 valence electrons. The van der Waals surface area contributed by atoms with Gasteiger partial charge < -0.3 is 5.23 Å². The SMILES string of the molecule is BBNc1ccc2c(c1)CCCC2. The van der Waals surface area contributed by atoms with Crippen molar-refractivity contribution in [2.45, 2.75) is 25.7 Å². The molecule has 0 aliphatic heterocycles. The van der Waals surface area contributed by atoms with Crippen molar-refractivity contribution in [3.8, 4) is 0 Å². The van der Waals surface area contributed by atoms with Crippen LogP contribution in [-0.4, -0.2) is 15.0 Å². The zero-order chi connectivity index (χ0) is 9.10. The number of nitrogens with one attached hydrogen (secondary N) is 1.